The van der Waals surface area contributed by atoms with Gasteiger partial charge < -0.3 is 14.5 Å². The number of fused-ring (bicyclic) bond motifs is 1. The van der Waals surface area contributed by atoms with Gasteiger partial charge >= 0.3 is 0 Å². The lowest BCUT2D eigenvalue weighted by molar-refractivity contribution is 0.151. The van der Waals surface area contributed by atoms with Gasteiger partial charge in [0.05, 0.1) is 12.1 Å². The zero-order chi connectivity index (χ0) is 16.2. The third-order valence-electron chi connectivity index (χ3n) is 4.44. The lowest BCUT2D eigenvalue weighted by Crippen LogP contribution is -2.31. The summed E-state index contributed by atoms with van der Waals surface area (Å²) in [7, 11) is 5.77. The van der Waals surface area contributed by atoms with Crippen LogP contribution in [0, 0.1) is 5.92 Å². The van der Waals surface area contributed by atoms with Crippen molar-refractivity contribution in [2.45, 2.75) is 19.3 Å². The topological polar surface area (TPSA) is 41.5 Å². The molecule has 5 heteroatoms. The highest BCUT2D eigenvalue weighted by Crippen LogP contribution is 2.29. The van der Waals surface area contributed by atoms with Crippen molar-refractivity contribution in [1.82, 2.24) is 9.97 Å². The van der Waals surface area contributed by atoms with Crippen LogP contribution in [-0.2, 0) is 4.74 Å². The van der Waals surface area contributed by atoms with Crippen molar-refractivity contribution >= 4 is 22.7 Å². The van der Waals surface area contributed by atoms with E-state index >= 15 is 0 Å². The first-order valence-corrected chi connectivity index (χ1v) is 8.37. The van der Waals surface area contributed by atoms with Gasteiger partial charge in [0.2, 0.25) is 5.95 Å². The predicted molar refractivity (Wildman–Crippen MR) is 95.3 cm³/mol. The van der Waals surface area contributed by atoms with E-state index in [4.69, 9.17) is 9.72 Å². The van der Waals surface area contributed by atoms with E-state index in [0.717, 1.165) is 42.4 Å². The van der Waals surface area contributed by atoms with Gasteiger partial charge in [-0.15, -0.1) is 0 Å². The molecule has 1 saturated heterocycles. The molecule has 1 atom stereocenters. The maximum atomic E-state index is 5.40. The second kappa shape index (κ2) is 7.13. The summed E-state index contributed by atoms with van der Waals surface area (Å²) >= 11 is 0. The second-order valence-electron chi connectivity index (χ2n) is 6.52. The molecule has 2 heterocycles. The fourth-order valence-electron chi connectivity index (χ4n) is 3.28. The third kappa shape index (κ3) is 3.55. The maximum Gasteiger partial charge on any atom is 0.227 e. The number of hydrogen-bond acceptors (Lipinski definition) is 5. The summed E-state index contributed by atoms with van der Waals surface area (Å²) in [4.78, 5) is 13.9. The lowest BCUT2D eigenvalue weighted by atomic mass is 10.0. The van der Waals surface area contributed by atoms with Gasteiger partial charge in [0.1, 0.15) is 5.82 Å². The molecule has 1 unspecified atom stereocenters. The van der Waals surface area contributed by atoms with E-state index in [0.29, 0.717) is 5.92 Å². The average molecular weight is 314 g/mol. The molecule has 1 aromatic carbocycles. The van der Waals surface area contributed by atoms with Crippen molar-refractivity contribution in [2.24, 2.45) is 5.92 Å². The lowest BCUT2D eigenvalue weighted by Gasteiger charge is -2.27. The van der Waals surface area contributed by atoms with Crippen LogP contribution in [0.4, 0.5) is 11.8 Å². The Morgan fingerprint density at radius 3 is 2.83 bits per heavy atom. The van der Waals surface area contributed by atoms with Crippen LogP contribution in [0.3, 0.4) is 0 Å². The van der Waals surface area contributed by atoms with Crippen molar-refractivity contribution in [1.29, 1.82) is 0 Å². The molecule has 0 radical (unpaired) electrons. The zero-order valence-electron chi connectivity index (χ0n) is 14.3. The van der Waals surface area contributed by atoms with E-state index in [1.165, 1.54) is 19.3 Å². The highest BCUT2D eigenvalue weighted by atomic mass is 16.5. The molecule has 1 aliphatic rings. The van der Waals surface area contributed by atoms with Gasteiger partial charge in [-0.25, -0.2) is 4.98 Å². The van der Waals surface area contributed by atoms with E-state index in [9.17, 15) is 0 Å². The number of nitrogens with zero attached hydrogens (tertiary/aromatic N) is 4. The summed E-state index contributed by atoms with van der Waals surface area (Å²) in [5.74, 6) is 2.40. The predicted octanol–water partition coefficient (Wildman–Crippen LogP) is 2.95. The third-order valence-corrected chi connectivity index (χ3v) is 4.44. The SMILES string of the molecule is COCC1CCCCN(c2nc(N(C)C)nc3ccccc23)C1. The molecule has 23 heavy (non-hydrogen) atoms. The molecule has 1 fully saturated rings. The molecule has 2 aromatic rings. The summed E-state index contributed by atoms with van der Waals surface area (Å²) in [5, 5.41) is 1.14. The fraction of sp³-hybridized carbons (Fsp3) is 0.556. The van der Waals surface area contributed by atoms with E-state index in [1.807, 2.05) is 25.1 Å². The summed E-state index contributed by atoms with van der Waals surface area (Å²) in [5.41, 5.74) is 1.01. The van der Waals surface area contributed by atoms with Crippen molar-refractivity contribution in [3.8, 4) is 0 Å². The van der Waals surface area contributed by atoms with Crippen molar-refractivity contribution in [3.05, 3.63) is 24.3 Å². The van der Waals surface area contributed by atoms with Gasteiger partial charge in [-0.3, -0.25) is 0 Å². The van der Waals surface area contributed by atoms with E-state index in [-0.39, 0.29) is 0 Å². The molecular formula is C18H26N4O. The number of benzene rings is 1. The van der Waals surface area contributed by atoms with Crippen LogP contribution in [0.15, 0.2) is 24.3 Å². The van der Waals surface area contributed by atoms with Gasteiger partial charge in [-0.2, -0.15) is 4.98 Å². The smallest absolute Gasteiger partial charge is 0.227 e. The molecule has 0 aliphatic carbocycles. The van der Waals surface area contributed by atoms with Crippen molar-refractivity contribution < 1.29 is 4.74 Å². The van der Waals surface area contributed by atoms with Crippen LogP contribution in [-0.4, -0.2) is 50.9 Å². The average Bonchev–Trinajstić information content (AvgIpc) is 2.79. The van der Waals surface area contributed by atoms with Crippen LogP contribution < -0.4 is 9.80 Å². The number of hydrogen-bond donors (Lipinski definition) is 0. The fourth-order valence-corrected chi connectivity index (χ4v) is 3.28. The van der Waals surface area contributed by atoms with E-state index in [2.05, 4.69) is 28.1 Å². The van der Waals surface area contributed by atoms with Gasteiger partial charge in [0.15, 0.2) is 0 Å². The standard InChI is InChI=1S/C18H26N4O/c1-21(2)18-19-16-10-5-4-9-15(16)17(20-18)22-11-7-6-8-14(12-22)13-23-3/h4-5,9-10,14H,6-8,11-13H2,1-3H3. The van der Waals surface area contributed by atoms with Gasteiger partial charge in [0, 0.05) is 39.7 Å². The normalized spacial score (nSPS) is 18.9. The first kappa shape index (κ1) is 16.0. The molecular weight excluding hydrogens is 288 g/mol. The van der Waals surface area contributed by atoms with E-state index < -0.39 is 0 Å². The van der Waals surface area contributed by atoms with Gasteiger partial charge in [-0.1, -0.05) is 18.6 Å². The second-order valence-corrected chi connectivity index (χ2v) is 6.52. The number of ether oxygens (including phenoxy) is 1. The van der Waals surface area contributed by atoms with Crippen LogP contribution in [0.2, 0.25) is 0 Å². The first-order valence-electron chi connectivity index (χ1n) is 8.37. The summed E-state index contributed by atoms with van der Waals surface area (Å²) in [6.07, 6.45) is 3.69. The van der Waals surface area contributed by atoms with E-state index in [1.54, 1.807) is 7.11 Å². The number of para-hydroxylation sites is 1. The van der Waals surface area contributed by atoms with Crippen LogP contribution in [0.1, 0.15) is 19.3 Å². The number of aromatic nitrogens is 2. The monoisotopic (exact) mass is 314 g/mol. The van der Waals surface area contributed by atoms with Crippen LogP contribution >= 0.6 is 0 Å². The Morgan fingerprint density at radius 2 is 2.04 bits per heavy atom. The van der Waals surface area contributed by atoms with Crippen molar-refractivity contribution in [2.75, 3.05) is 50.7 Å². The summed E-state index contributed by atoms with van der Waals surface area (Å²) in [6, 6.07) is 8.29. The van der Waals surface area contributed by atoms with Gasteiger partial charge in [0.25, 0.3) is 0 Å². The van der Waals surface area contributed by atoms with Crippen LogP contribution in [0.5, 0.6) is 0 Å². The molecule has 0 saturated carbocycles. The summed E-state index contributed by atoms with van der Waals surface area (Å²) in [6.45, 7) is 2.87. The largest absolute Gasteiger partial charge is 0.384 e. The Balaban J connectivity index is 2.02. The highest BCUT2D eigenvalue weighted by molar-refractivity contribution is 5.90. The Labute approximate surface area is 138 Å². The zero-order valence-corrected chi connectivity index (χ0v) is 14.3. The Bertz CT molecular complexity index is 659. The van der Waals surface area contributed by atoms with Crippen LogP contribution in [0.25, 0.3) is 10.9 Å². The molecule has 1 aliphatic heterocycles. The summed E-state index contributed by atoms with van der Waals surface area (Å²) < 4.78 is 5.40. The molecule has 0 spiro atoms. The minimum Gasteiger partial charge on any atom is -0.384 e. The van der Waals surface area contributed by atoms with Gasteiger partial charge in [-0.05, 0) is 30.9 Å². The molecule has 0 amide bonds. The Kier molecular flexibility index (Phi) is 4.96. The number of rotatable bonds is 4. The number of methoxy groups -OCH3 is 1. The molecule has 0 bridgehead atoms. The quantitative estimate of drug-likeness (QED) is 0.868. The minimum atomic E-state index is 0.569. The maximum absolute atomic E-state index is 5.40. The molecule has 0 N–H and O–H groups in total. The first-order chi connectivity index (χ1) is 11.2. The number of anilines is 2. The Hall–Kier alpha value is -1.88. The molecule has 3 rings (SSSR count). The minimum absolute atomic E-state index is 0.569. The molecule has 124 valence electrons. The Morgan fingerprint density at radius 1 is 1.22 bits per heavy atom. The van der Waals surface area contributed by atoms with Crippen molar-refractivity contribution in [3.63, 3.8) is 0 Å². The molecule has 5 nitrogen and oxygen atoms in total. The molecule has 1 aromatic heterocycles. The highest BCUT2D eigenvalue weighted by Gasteiger charge is 2.22.